The molecule has 0 aromatic carbocycles. The van der Waals surface area contributed by atoms with Crippen molar-refractivity contribution in [3.8, 4) is 0 Å². The van der Waals surface area contributed by atoms with Gasteiger partial charge in [-0.15, -0.1) is 0 Å². The van der Waals surface area contributed by atoms with E-state index in [1.54, 1.807) is 0 Å². The zero-order valence-electron chi connectivity index (χ0n) is 13.9. The van der Waals surface area contributed by atoms with Gasteiger partial charge in [-0.1, -0.05) is 19.9 Å². The monoisotopic (exact) mass is 299 g/mol. The lowest BCUT2D eigenvalue weighted by Crippen LogP contribution is -2.66. The van der Waals surface area contributed by atoms with Crippen LogP contribution in [0.3, 0.4) is 0 Å². The molecule has 5 fully saturated rings. The predicted molar refractivity (Wildman–Crippen MR) is 88.9 cm³/mol. The average Bonchev–Trinajstić information content (AvgIpc) is 2.50. The second-order valence-electron chi connectivity index (χ2n) is 9.42. The lowest BCUT2D eigenvalue weighted by Gasteiger charge is -2.70. The summed E-state index contributed by atoms with van der Waals surface area (Å²) < 4.78 is 0. The lowest BCUT2D eigenvalue weighted by molar-refractivity contribution is -0.185. The fraction of sp³-hybridized carbons (Fsp3) is 0.850. The van der Waals surface area contributed by atoms with Gasteiger partial charge in [0.2, 0.25) is 0 Å². The molecular formula is C20H29NO. The SMILES string of the molecule is C=C1[C@@H]2CC[C@]3(CC[C@@H]4[C@@]5(C)CCC[C@@]4(C=NC5)[C@H]3C2)[C@H]1O. The van der Waals surface area contributed by atoms with Crippen LogP contribution in [0.2, 0.25) is 0 Å². The van der Waals surface area contributed by atoms with Gasteiger partial charge in [-0.25, -0.2) is 0 Å². The molecule has 22 heavy (non-hydrogen) atoms. The van der Waals surface area contributed by atoms with Crippen molar-refractivity contribution in [1.82, 2.24) is 0 Å². The Hall–Kier alpha value is -0.630. The van der Waals surface area contributed by atoms with E-state index in [1.165, 1.54) is 51.4 Å². The normalized spacial score (nSPS) is 59.1. The summed E-state index contributed by atoms with van der Waals surface area (Å²) in [7, 11) is 0. The van der Waals surface area contributed by atoms with E-state index in [9.17, 15) is 5.11 Å². The van der Waals surface area contributed by atoms with Gasteiger partial charge in [0, 0.05) is 23.6 Å². The molecule has 5 saturated carbocycles. The number of nitrogens with zero attached hydrogens (tertiary/aromatic N) is 1. The van der Waals surface area contributed by atoms with Crippen molar-refractivity contribution in [2.24, 2.45) is 39.0 Å². The fourth-order valence-corrected chi connectivity index (χ4v) is 7.80. The number of aliphatic hydroxyl groups is 1. The average molecular weight is 299 g/mol. The Bertz CT molecular complexity index is 568. The van der Waals surface area contributed by atoms with E-state index >= 15 is 0 Å². The van der Waals surface area contributed by atoms with Crippen LogP contribution in [0.5, 0.6) is 0 Å². The molecule has 0 aromatic rings. The highest BCUT2D eigenvalue weighted by Gasteiger charge is 2.68. The number of aliphatic imine (C=N–C) groups is 1. The standard InChI is InChI=1S/C20H29NO/c1-13-14-4-8-19(17(13)22)9-5-15-18(2)6-3-7-20(15,12-21-11-18)16(19)10-14/h12,14-17,22H,1,3-11H2,2H3/t14-,15-,16+,17+,18+,19-,20+/m1/s1. The minimum Gasteiger partial charge on any atom is -0.388 e. The Kier molecular flexibility index (Phi) is 2.54. The minimum absolute atomic E-state index is 0.129. The molecule has 0 unspecified atom stereocenters. The Labute approximate surface area is 134 Å². The van der Waals surface area contributed by atoms with Crippen molar-refractivity contribution in [3.05, 3.63) is 12.2 Å². The van der Waals surface area contributed by atoms with Crippen LogP contribution in [-0.2, 0) is 0 Å². The molecule has 1 heterocycles. The molecule has 0 aromatic heterocycles. The molecule has 0 radical (unpaired) electrons. The van der Waals surface area contributed by atoms with Gasteiger partial charge in [0.25, 0.3) is 0 Å². The highest BCUT2D eigenvalue weighted by atomic mass is 16.3. The second-order valence-corrected chi connectivity index (χ2v) is 9.42. The van der Waals surface area contributed by atoms with Crippen molar-refractivity contribution in [1.29, 1.82) is 0 Å². The molecule has 1 aliphatic heterocycles. The molecule has 1 spiro atoms. The summed E-state index contributed by atoms with van der Waals surface area (Å²) in [6.07, 6.45) is 12.5. The van der Waals surface area contributed by atoms with Crippen molar-refractivity contribution in [2.45, 2.75) is 64.4 Å². The minimum atomic E-state index is -0.246. The highest BCUT2D eigenvalue weighted by molar-refractivity contribution is 5.70. The van der Waals surface area contributed by atoms with E-state index in [2.05, 4.69) is 19.7 Å². The summed E-state index contributed by atoms with van der Waals surface area (Å²) in [5.41, 5.74) is 2.00. The summed E-state index contributed by atoms with van der Waals surface area (Å²) in [6, 6.07) is 0. The molecule has 2 nitrogen and oxygen atoms in total. The first-order chi connectivity index (χ1) is 10.5. The van der Waals surface area contributed by atoms with Crippen LogP contribution in [0.1, 0.15) is 58.3 Å². The van der Waals surface area contributed by atoms with Crippen LogP contribution in [-0.4, -0.2) is 24.0 Å². The van der Waals surface area contributed by atoms with E-state index in [0.717, 1.165) is 18.0 Å². The molecule has 7 atom stereocenters. The van der Waals surface area contributed by atoms with Gasteiger partial charge in [0.1, 0.15) is 0 Å². The predicted octanol–water partition coefficient (Wildman–Crippen LogP) is 3.99. The maximum absolute atomic E-state index is 11.1. The number of fused-ring (bicyclic) bond motifs is 2. The Morgan fingerprint density at radius 3 is 2.86 bits per heavy atom. The van der Waals surface area contributed by atoms with Gasteiger partial charge in [-0.2, -0.15) is 0 Å². The van der Waals surface area contributed by atoms with E-state index in [4.69, 9.17) is 4.99 Å². The van der Waals surface area contributed by atoms with Crippen LogP contribution < -0.4 is 0 Å². The van der Waals surface area contributed by atoms with Gasteiger partial charge in [0.15, 0.2) is 0 Å². The van der Waals surface area contributed by atoms with Crippen molar-refractivity contribution in [3.63, 3.8) is 0 Å². The third-order valence-corrected chi connectivity index (χ3v) is 8.77. The van der Waals surface area contributed by atoms with E-state index in [-0.39, 0.29) is 11.5 Å². The first-order valence-corrected chi connectivity index (χ1v) is 9.40. The smallest absolute Gasteiger partial charge is 0.0809 e. The molecule has 120 valence electrons. The number of hydrogen-bond acceptors (Lipinski definition) is 2. The zero-order chi connectivity index (χ0) is 15.2. The topological polar surface area (TPSA) is 32.6 Å². The maximum Gasteiger partial charge on any atom is 0.0809 e. The summed E-state index contributed by atoms with van der Waals surface area (Å²) in [4.78, 5) is 4.89. The largest absolute Gasteiger partial charge is 0.388 e. The highest BCUT2D eigenvalue weighted by Crippen LogP contribution is 2.72. The summed E-state index contributed by atoms with van der Waals surface area (Å²) in [6.45, 7) is 7.81. The first-order valence-electron chi connectivity index (χ1n) is 9.40. The van der Waals surface area contributed by atoms with E-state index < -0.39 is 0 Å². The molecule has 0 amide bonds. The van der Waals surface area contributed by atoms with Crippen LogP contribution in [0.25, 0.3) is 0 Å². The summed E-state index contributed by atoms with van der Waals surface area (Å²) in [5, 5.41) is 11.1. The zero-order valence-corrected chi connectivity index (χ0v) is 13.9. The van der Waals surface area contributed by atoms with Crippen molar-refractivity contribution < 1.29 is 5.11 Å². The molecule has 1 N–H and O–H groups in total. The lowest BCUT2D eigenvalue weighted by atomic mass is 9.35. The molecule has 6 aliphatic rings. The molecule has 0 saturated heterocycles. The fourth-order valence-electron chi connectivity index (χ4n) is 7.80. The second kappa shape index (κ2) is 4.06. The van der Waals surface area contributed by atoms with Gasteiger partial charge < -0.3 is 5.11 Å². The van der Waals surface area contributed by atoms with Crippen molar-refractivity contribution >= 4 is 6.21 Å². The Morgan fingerprint density at radius 1 is 1.18 bits per heavy atom. The van der Waals surface area contributed by atoms with Gasteiger partial charge in [-0.3, -0.25) is 4.99 Å². The quantitative estimate of drug-likeness (QED) is 0.674. The third kappa shape index (κ3) is 1.36. The van der Waals surface area contributed by atoms with Crippen LogP contribution >= 0.6 is 0 Å². The Balaban J connectivity index is 1.66. The Morgan fingerprint density at radius 2 is 2.00 bits per heavy atom. The summed E-state index contributed by atoms with van der Waals surface area (Å²) >= 11 is 0. The number of rotatable bonds is 0. The maximum atomic E-state index is 11.1. The van der Waals surface area contributed by atoms with Gasteiger partial charge in [0.05, 0.1) is 6.10 Å². The number of hydrogen-bond donors (Lipinski definition) is 1. The number of aliphatic hydroxyl groups excluding tert-OH is 1. The summed E-state index contributed by atoms with van der Waals surface area (Å²) in [5.74, 6) is 2.03. The van der Waals surface area contributed by atoms with Crippen LogP contribution in [0.15, 0.2) is 17.1 Å². The van der Waals surface area contributed by atoms with Crippen molar-refractivity contribution in [2.75, 3.05) is 6.54 Å². The first kappa shape index (κ1) is 13.8. The molecule has 2 heteroatoms. The molecule has 6 rings (SSSR count). The molecule has 5 aliphatic carbocycles. The van der Waals surface area contributed by atoms with Crippen LogP contribution in [0.4, 0.5) is 0 Å². The van der Waals surface area contributed by atoms with Gasteiger partial charge in [-0.05, 0) is 73.7 Å². The molecular weight excluding hydrogens is 270 g/mol. The molecule has 4 bridgehead atoms. The van der Waals surface area contributed by atoms with E-state index in [1.807, 2.05) is 0 Å². The van der Waals surface area contributed by atoms with E-state index in [0.29, 0.717) is 22.7 Å². The van der Waals surface area contributed by atoms with Gasteiger partial charge >= 0.3 is 0 Å². The van der Waals surface area contributed by atoms with Crippen LogP contribution in [0, 0.1) is 34.0 Å². The third-order valence-electron chi connectivity index (χ3n) is 8.77.